The lowest BCUT2D eigenvalue weighted by molar-refractivity contribution is -0.119. The van der Waals surface area contributed by atoms with Gasteiger partial charge in [0.15, 0.2) is 0 Å². The van der Waals surface area contributed by atoms with Gasteiger partial charge in [0, 0.05) is 6.42 Å². The summed E-state index contributed by atoms with van der Waals surface area (Å²) in [4.78, 5) is 23.4. The second-order valence-corrected chi connectivity index (χ2v) is 5.93. The molecule has 0 spiro atoms. The van der Waals surface area contributed by atoms with E-state index in [1.165, 1.54) is 0 Å². The van der Waals surface area contributed by atoms with E-state index in [9.17, 15) is 9.59 Å². The molecule has 0 aliphatic heterocycles. The molecule has 0 aliphatic rings. The quantitative estimate of drug-likeness (QED) is 0.822. The Hall–Kier alpha value is -2.24. The third-order valence-electron chi connectivity index (χ3n) is 3.27. The predicted octanol–water partition coefficient (Wildman–Crippen LogP) is 3.32. The number of rotatable bonds is 6. The molecule has 3 N–H and O–H groups in total. The smallest absolute Gasteiger partial charge is 0.408 e. The Balaban J connectivity index is 1.93. The van der Waals surface area contributed by atoms with Crippen molar-refractivity contribution in [2.75, 3.05) is 0 Å². The van der Waals surface area contributed by atoms with Crippen LogP contribution in [0.1, 0.15) is 11.1 Å². The number of alkyl carbamates (subject to hydrolysis) is 1. The molecule has 24 heavy (non-hydrogen) atoms. The summed E-state index contributed by atoms with van der Waals surface area (Å²) < 4.78 is 5.08. The highest BCUT2D eigenvalue weighted by Gasteiger charge is 2.19. The van der Waals surface area contributed by atoms with E-state index in [1.54, 1.807) is 18.2 Å². The number of benzene rings is 2. The third-order valence-corrected chi connectivity index (χ3v) is 4.01. The third kappa shape index (κ3) is 5.44. The standard InChI is InChI=1S/C17H16Cl2N2O3/c18-13-7-6-12(8-14(13)19)9-15(16(20)22)21-17(23)24-10-11-4-2-1-3-5-11/h1-8,15H,9-10H2,(H2,20,22)(H,21,23). The minimum atomic E-state index is -0.912. The molecule has 2 aromatic carbocycles. The van der Waals surface area contributed by atoms with Crippen molar-refractivity contribution in [3.8, 4) is 0 Å². The van der Waals surface area contributed by atoms with Crippen molar-refractivity contribution in [2.24, 2.45) is 5.73 Å². The molecule has 0 fully saturated rings. The van der Waals surface area contributed by atoms with Gasteiger partial charge in [-0.25, -0.2) is 4.79 Å². The fourth-order valence-corrected chi connectivity index (χ4v) is 2.35. The molecule has 5 nitrogen and oxygen atoms in total. The van der Waals surface area contributed by atoms with Crippen LogP contribution in [0.3, 0.4) is 0 Å². The van der Waals surface area contributed by atoms with Crippen LogP contribution in [0.15, 0.2) is 48.5 Å². The fraction of sp³-hybridized carbons (Fsp3) is 0.176. The van der Waals surface area contributed by atoms with E-state index in [1.807, 2.05) is 30.3 Å². The number of hydrogen-bond donors (Lipinski definition) is 2. The van der Waals surface area contributed by atoms with Crippen LogP contribution >= 0.6 is 23.2 Å². The number of amides is 2. The summed E-state index contributed by atoms with van der Waals surface area (Å²) in [5.74, 6) is -0.669. The lowest BCUT2D eigenvalue weighted by Crippen LogP contribution is -2.46. The van der Waals surface area contributed by atoms with Crippen LogP contribution in [0.4, 0.5) is 4.79 Å². The maximum Gasteiger partial charge on any atom is 0.408 e. The van der Waals surface area contributed by atoms with Gasteiger partial charge in [0.05, 0.1) is 10.0 Å². The Morgan fingerprint density at radius 2 is 1.75 bits per heavy atom. The minimum Gasteiger partial charge on any atom is -0.445 e. The van der Waals surface area contributed by atoms with Crippen molar-refractivity contribution in [1.82, 2.24) is 5.32 Å². The monoisotopic (exact) mass is 366 g/mol. The molecule has 0 saturated heterocycles. The highest BCUT2D eigenvalue weighted by Crippen LogP contribution is 2.23. The normalized spacial score (nSPS) is 11.6. The molecule has 2 amide bonds. The van der Waals surface area contributed by atoms with Crippen molar-refractivity contribution >= 4 is 35.2 Å². The van der Waals surface area contributed by atoms with E-state index < -0.39 is 18.0 Å². The Morgan fingerprint density at radius 3 is 2.38 bits per heavy atom. The first-order valence-corrected chi connectivity index (χ1v) is 7.92. The molecule has 0 saturated carbocycles. The number of halogens is 2. The van der Waals surface area contributed by atoms with Gasteiger partial charge in [0.2, 0.25) is 5.91 Å². The van der Waals surface area contributed by atoms with Gasteiger partial charge in [-0.05, 0) is 23.3 Å². The number of nitrogens with one attached hydrogen (secondary N) is 1. The van der Waals surface area contributed by atoms with Crippen LogP contribution in [0.25, 0.3) is 0 Å². The number of ether oxygens (including phenoxy) is 1. The van der Waals surface area contributed by atoms with E-state index >= 15 is 0 Å². The predicted molar refractivity (Wildman–Crippen MR) is 92.9 cm³/mol. The average molecular weight is 367 g/mol. The lowest BCUT2D eigenvalue weighted by Gasteiger charge is -2.16. The van der Waals surface area contributed by atoms with Gasteiger partial charge in [-0.1, -0.05) is 59.6 Å². The number of nitrogens with two attached hydrogens (primary N) is 1. The molecular formula is C17H16Cl2N2O3. The van der Waals surface area contributed by atoms with Crippen molar-refractivity contribution in [3.05, 3.63) is 69.7 Å². The molecule has 7 heteroatoms. The Kier molecular flexibility index (Phi) is 6.46. The molecule has 2 aromatic rings. The highest BCUT2D eigenvalue weighted by molar-refractivity contribution is 6.42. The maximum absolute atomic E-state index is 11.9. The first-order valence-electron chi connectivity index (χ1n) is 7.16. The first-order chi connectivity index (χ1) is 11.5. The summed E-state index contributed by atoms with van der Waals surface area (Å²) in [5, 5.41) is 3.23. The molecule has 0 aliphatic carbocycles. The molecule has 0 aromatic heterocycles. The van der Waals surface area contributed by atoms with Crippen molar-refractivity contribution in [1.29, 1.82) is 0 Å². The molecule has 1 atom stereocenters. The largest absolute Gasteiger partial charge is 0.445 e. The van der Waals surface area contributed by atoms with Gasteiger partial charge in [-0.3, -0.25) is 4.79 Å². The number of primary amides is 1. The Morgan fingerprint density at radius 1 is 1.04 bits per heavy atom. The van der Waals surface area contributed by atoms with E-state index in [-0.39, 0.29) is 13.0 Å². The van der Waals surface area contributed by atoms with Crippen LogP contribution in [-0.2, 0) is 22.6 Å². The molecule has 0 bridgehead atoms. The second-order valence-electron chi connectivity index (χ2n) is 5.11. The molecule has 0 heterocycles. The number of hydrogen-bond acceptors (Lipinski definition) is 3. The van der Waals surface area contributed by atoms with Crippen LogP contribution in [0.2, 0.25) is 10.0 Å². The molecule has 0 radical (unpaired) electrons. The van der Waals surface area contributed by atoms with Crippen molar-refractivity contribution < 1.29 is 14.3 Å². The van der Waals surface area contributed by atoms with E-state index in [2.05, 4.69) is 5.32 Å². The lowest BCUT2D eigenvalue weighted by atomic mass is 10.1. The second kappa shape index (κ2) is 8.57. The van der Waals surface area contributed by atoms with E-state index in [4.69, 9.17) is 33.7 Å². The number of carbonyl (C=O) groups is 2. The summed E-state index contributed by atoms with van der Waals surface area (Å²) in [6.45, 7) is 0.102. The van der Waals surface area contributed by atoms with Crippen molar-refractivity contribution in [2.45, 2.75) is 19.1 Å². The van der Waals surface area contributed by atoms with Crippen LogP contribution in [0, 0.1) is 0 Å². The highest BCUT2D eigenvalue weighted by atomic mass is 35.5. The van der Waals surface area contributed by atoms with Crippen LogP contribution in [-0.4, -0.2) is 18.0 Å². The average Bonchev–Trinajstić information content (AvgIpc) is 2.56. The summed E-state index contributed by atoms with van der Waals surface area (Å²) in [6.07, 6.45) is -0.533. The van der Waals surface area contributed by atoms with Crippen molar-refractivity contribution in [3.63, 3.8) is 0 Å². The van der Waals surface area contributed by atoms with Gasteiger partial charge >= 0.3 is 6.09 Å². The number of carbonyl (C=O) groups excluding carboxylic acids is 2. The molecule has 126 valence electrons. The van der Waals surface area contributed by atoms with Gasteiger partial charge in [-0.2, -0.15) is 0 Å². The summed E-state index contributed by atoms with van der Waals surface area (Å²) >= 11 is 11.8. The van der Waals surface area contributed by atoms with Crippen LogP contribution in [0.5, 0.6) is 0 Å². The topological polar surface area (TPSA) is 81.4 Å². The summed E-state index contributed by atoms with van der Waals surface area (Å²) in [6, 6.07) is 13.2. The van der Waals surface area contributed by atoms with Gasteiger partial charge in [-0.15, -0.1) is 0 Å². The minimum absolute atomic E-state index is 0.102. The van der Waals surface area contributed by atoms with Gasteiger partial charge in [0.1, 0.15) is 12.6 Å². The van der Waals surface area contributed by atoms with E-state index in [0.29, 0.717) is 10.0 Å². The zero-order valence-electron chi connectivity index (χ0n) is 12.7. The Labute approximate surface area is 149 Å². The first kappa shape index (κ1) is 18.1. The summed E-state index contributed by atoms with van der Waals surface area (Å²) in [5.41, 5.74) is 6.90. The fourth-order valence-electron chi connectivity index (χ4n) is 2.03. The Bertz CT molecular complexity index is 723. The molecule has 2 rings (SSSR count). The SMILES string of the molecule is NC(=O)C(Cc1ccc(Cl)c(Cl)c1)NC(=O)OCc1ccccc1. The summed E-state index contributed by atoms with van der Waals surface area (Å²) in [7, 11) is 0. The zero-order valence-corrected chi connectivity index (χ0v) is 14.2. The maximum atomic E-state index is 11.9. The zero-order chi connectivity index (χ0) is 17.5. The van der Waals surface area contributed by atoms with Gasteiger partial charge in [0.25, 0.3) is 0 Å². The molecule has 1 unspecified atom stereocenters. The van der Waals surface area contributed by atoms with Gasteiger partial charge < -0.3 is 15.8 Å². The van der Waals surface area contributed by atoms with Crippen LogP contribution < -0.4 is 11.1 Å². The van der Waals surface area contributed by atoms with E-state index in [0.717, 1.165) is 11.1 Å². The molecular weight excluding hydrogens is 351 g/mol.